The molecule has 0 saturated carbocycles. The highest BCUT2D eigenvalue weighted by molar-refractivity contribution is 14.1. The second-order valence-corrected chi connectivity index (χ2v) is 3.31. The second kappa shape index (κ2) is 2.29. The molecule has 7 heavy (non-hydrogen) atoms. The molecule has 2 nitrogen and oxygen atoms in total. The topological polar surface area (TPSA) is 28.7 Å². The van der Waals surface area contributed by atoms with Gasteiger partial charge in [-0.3, -0.25) is 5.10 Å². The Kier molecular flexibility index (Phi) is 1.90. The van der Waals surface area contributed by atoms with Crippen molar-refractivity contribution >= 4 is 45.2 Å². The molecule has 0 spiro atoms. The Hall–Kier alpha value is 0.670. The number of nitrogens with zero attached hydrogens (tertiary/aromatic N) is 1. The minimum absolute atomic E-state index is 1.02. The summed E-state index contributed by atoms with van der Waals surface area (Å²) in [5, 5.41) is 6.67. The molecule has 1 N–H and O–H groups in total. The third-order valence-corrected chi connectivity index (χ3v) is 1.62. The average Bonchev–Trinajstić information content (AvgIpc) is 1.87. The number of aromatic amines is 1. The Labute approximate surface area is 68.4 Å². The monoisotopic (exact) mass is 320 g/mol. The quantitative estimate of drug-likeness (QED) is 0.723. The molecule has 0 aromatic carbocycles. The lowest BCUT2D eigenvalue weighted by atomic mass is 10.8. The molecule has 0 radical (unpaired) electrons. The van der Waals surface area contributed by atoms with Crippen molar-refractivity contribution in [3.8, 4) is 0 Å². The standard InChI is InChI=1S/C3H2I2N2/c4-2-1-3(5)7-6-2/h1H,(H,6,7). The summed E-state index contributed by atoms with van der Waals surface area (Å²) in [6, 6.07) is 1.97. The van der Waals surface area contributed by atoms with E-state index in [2.05, 4.69) is 55.4 Å². The van der Waals surface area contributed by atoms with E-state index in [1.165, 1.54) is 0 Å². The van der Waals surface area contributed by atoms with E-state index in [1.54, 1.807) is 0 Å². The van der Waals surface area contributed by atoms with Crippen LogP contribution in [0.3, 0.4) is 0 Å². The van der Waals surface area contributed by atoms with Crippen LogP contribution in [0.5, 0.6) is 0 Å². The molecule has 1 heterocycles. The normalized spacial score (nSPS) is 9.43. The number of nitrogens with one attached hydrogen (secondary N) is 1. The number of rotatable bonds is 0. The lowest BCUT2D eigenvalue weighted by Crippen LogP contribution is -1.66. The molecule has 1 rings (SSSR count). The van der Waals surface area contributed by atoms with Crippen molar-refractivity contribution in [2.45, 2.75) is 0 Å². The third kappa shape index (κ3) is 1.56. The predicted octanol–water partition coefficient (Wildman–Crippen LogP) is 1.62. The molecule has 0 aliphatic carbocycles. The Morgan fingerprint density at radius 3 is 2.43 bits per heavy atom. The van der Waals surface area contributed by atoms with Crippen molar-refractivity contribution in [3.63, 3.8) is 0 Å². The summed E-state index contributed by atoms with van der Waals surface area (Å²) in [6.45, 7) is 0. The summed E-state index contributed by atoms with van der Waals surface area (Å²) in [5.41, 5.74) is 0. The SMILES string of the molecule is Ic1cc(I)[nH]n1. The number of hydrogen-bond acceptors (Lipinski definition) is 1. The molecule has 1 aromatic heterocycles. The Morgan fingerprint density at radius 1 is 1.57 bits per heavy atom. The van der Waals surface area contributed by atoms with Crippen LogP contribution in [-0.2, 0) is 0 Å². The van der Waals surface area contributed by atoms with Gasteiger partial charge in [0.25, 0.3) is 0 Å². The summed E-state index contributed by atoms with van der Waals surface area (Å²) in [4.78, 5) is 0. The van der Waals surface area contributed by atoms with E-state index < -0.39 is 0 Å². The molecule has 0 unspecified atom stereocenters. The minimum Gasteiger partial charge on any atom is -0.271 e. The third-order valence-electron chi connectivity index (χ3n) is 0.515. The van der Waals surface area contributed by atoms with Gasteiger partial charge in [0.15, 0.2) is 0 Å². The van der Waals surface area contributed by atoms with Gasteiger partial charge in [0.1, 0.15) is 3.70 Å². The molecular formula is C3H2I2N2. The number of hydrogen-bond donors (Lipinski definition) is 1. The summed E-state index contributed by atoms with van der Waals surface area (Å²) in [6.07, 6.45) is 0. The van der Waals surface area contributed by atoms with Crippen LogP contribution in [-0.4, -0.2) is 10.2 Å². The first-order chi connectivity index (χ1) is 3.29. The van der Waals surface area contributed by atoms with Gasteiger partial charge >= 0.3 is 0 Å². The molecule has 0 aliphatic heterocycles. The molecule has 0 atom stereocenters. The van der Waals surface area contributed by atoms with E-state index in [4.69, 9.17) is 0 Å². The zero-order chi connectivity index (χ0) is 5.28. The van der Waals surface area contributed by atoms with Gasteiger partial charge in [-0.1, -0.05) is 0 Å². The first kappa shape index (κ1) is 5.80. The fourth-order valence-corrected chi connectivity index (χ4v) is 1.72. The van der Waals surface area contributed by atoms with Gasteiger partial charge in [-0.05, 0) is 45.2 Å². The number of H-pyrrole nitrogens is 1. The maximum atomic E-state index is 3.87. The molecule has 1 aromatic rings. The van der Waals surface area contributed by atoms with Gasteiger partial charge in [0, 0.05) is 6.07 Å². The van der Waals surface area contributed by atoms with E-state index in [1.807, 2.05) is 6.07 Å². The highest BCUT2D eigenvalue weighted by atomic mass is 127. The van der Waals surface area contributed by atoms with Crippen molar-refractivity contribution in [2.24, 2.45) is 0 Å². The van der Waals surface area contributed by atoms with Crippen LogP contribution in [0, 0.1) is 7.40 Å². The van der Waals surface area contributed by atoms with Gasteiger partial charge < -0.3 is 0 Å². The van der Waals surface area contributed by atoms with Crippen molar-refractivity contribution in [3.05, 3.63) is 13.5 Å². The summed E-state index contributed by atoms with van der Waals surface area (Å²) >= 11 is 4.33. The van der Waals surface area contributed by atoms with Crippen molar-refractivity contribution < 1.29 is 0 Å². The van der Waals surface area contributed by atoms with E-state index in [0.717, 1.165) is 7.40 Å². The summed E-state index contributed by atoms with van der Waals surface area (Å²) < 4.78 is 2.10. The maximum absolute atomic E-state index is 3.87. The van der Waals surface area contributed by atoms with Gasteiger partial charge in [0.05, 0.1) is 3.70 Å². The van der Waals surface area contributed by atoms with Gasteiger partial charge in [-0.15, -0.1) is 0 Å². The number of aromatic nitrogens is 2. The van der Waals surface area contributed by atoms with E-state index in [-0.39, 0.29) is 0 Å². The van der Waals surface area contributed by atoms with Gasteiger partial charge in [-0.25, -0.2) is 0 Å². The average molecular weight is 320 g/mol. The van der Waals surface area contributed by atoms with Crippen molar-refractivity contribution in [1.82, 2.24) is 10.2 Å². The van der Waals surface area contributed by atoms with Crippen LogP contribution < -0.4 is 0 Å². The Morgan fingerprint density at radius 2 is 2.29 bits per heavy atom. The summed E-state index contributed by atoms with van der Waals surface area (Å²) in [5.74, 6) is 0. The first-order valence-electron chi connectivity index (χ1n) is 1.65. The molecule has 0 aliphatic rings. The lowest BCUT2D eigenvalue weighted by Gasteiger charge is -1.64. The predicted molar refractivity (Wildman–Crippen MR) is 44.0 cm³/mol. The fraction of sp³-hybridized carbons (Fsp3) is 0. The smallest absolute Gasteiger partial charge is 0.124 e. The van der Waals surface area contributed by atoms with E-state index in [0.29, 0.717) is 0 Å². The second-order valence-electron chi connectivity index (χ2n) is 1.04. The van der Waals surface area contributed by atoms with Crippen LogP contribution in [0.4, 0.5) is 0 Å². The van der Waals surface area contributed by atoms with Crippen molar-refractivity contribution in [1.29, 1.82) is 0 Å². The molecule has 4 heteroatoms. The summed E-state index contributed by atoms with van der Waals surface area (Å²) in [7, 11) is 0. The highest BCUT2D eigenvalue weighted by Crippen LogP contribution is 2.03. The minimum atomic E-state index is 1.02. The lowest BCUT2D eigenvalue weighted by molar-refractivity contribution is 1.05. The fourth-order valence-electron chi connectivity index (χ4n) is 0.276. The first-order valence-corrected chi connectivity index (χ1v) is 3.81. The molecule has 0 saturated heterocycles. The Balaban J connectivity index is 3.04. The van der Waals surface area contributed by atoms with Gasteiger partial charge in [-0.2, -0.15) is 5.10 Å². The molecule has 0 fully saturated rings. The highest BCUT2D eigenvalue weighted by Gasteiger charge is 1.88. The van der Waals surface area contributed by atoms with Gasteiger partial charge in [0.2, 0.25) is 0 Å². The van der Waals surface area contributed by atoms with Crippen LogP contribution in [0.25, 0.3) is 0 Å². The molecule has 0 amide bonds. The molecule has 38 valence electrons. The zero-order valence-corrected chi connectivity index (χ0v) is 7.60. The largest absolute Gasteiger partial charge is 0.271 e. The van der Waals surface area contributed by atoms with E-state index >= 15 is 0 Å². The van der Waals surface area contributed by atoms with Crippen LogP contribution >= 0.6 is 45.2 Å². The zero-order valence-electron chi connectivity index (χ0n) is 3.28. The van der Waals surface area contributed by atoms with E-state index in [9.17, 15) is 0 Å². The molecule has 0 bridgehead atoms. The van der Waals surface area contributed by atoms with Crippen LogP contribution in [0.15, 0.2) is 6.07 Å². The number of halogens is 2. The van der Waals surface area contributed by atoms with Crippen LogP contribution in [0.1, 0.15) is 0 Å². The molecular weight excluding hydrogens is 318 g/mol. The van der Waals surface area contributed by atoms with Crippen molar-refractivity contribution in [2.75, 3.05) is 0 Å². The van der Waals surface area contributed by atoms with Crippen LogP contribution in [0.2, 0.25) is 0 Å². The maximum Gasteiger partial charge on any atom is 0.124 e. The Bertz CT molecular complexity index is 143.